The zero-order chi connectivity index (χ0) is 18.4. The number of phenolic OH excluding ortho intramolecular Hbond substituents is 4. The Balaban J connectivity index is 0.000000240. The third-order valence-electron chi connectivity index (χ3n) is 2.76. The predicted molar refractivity (Wildman–Crippen MR) is 82.2 cm³/mol. The number of oxime groups is 1. The molecule has 0 spiro atoms. The van der Waals surface area contributed by atoms with Crippen molar-refractivity contribution in [3.05, 3.63) is 41.5 Å². The van der Waals surface area contributed by atoms with Gasteiger partial charge in [-0.1, -0.05) is 11.2 Å². The van der Waals surface area contributed by atoms with Crippen LogP contribution >= 0.6 is 0 Å². The molecule has 0 aromatic heterocycles. The van der Waals surface area contributed by atoms with E-state index in [1.165, 1.54) is 18.2 Å². The Bertz CT molecular complexity index is 790. The molecule has 10 heteroatoms. The van der Waals surface area contributed by atoms with E-state index in [0.717, 1.165) is 12.1 Å². The van der Waals surface area contributed by atoms with Crippen molar-refractivity contribution in [2.24, 2.45) is 16.6 Å². The molecule has 2 rings (SSSR count). The van der Waals surface area contributed by atoms with Crippen molar-refractivity contribution in [3.63, 3.8) is 0 Å². The maximum Gasteiger partial charge on any atom is 0.252 e. The summed E-state index contributed by atoms with van der Waals surface area (Å²) in [5, 5.41) is 55.9. The van der Waals surface area contributed by atoms with Crippen LogP contribution < -0.4 is 11.5 Å². The van der Waals surface area contributed by atoms with Gasteiger partial charge >= 0.3 is 0 Å². The molecule has 0 bridgehead atoms. The van der Waals surface area contributed by atoms with Crippen LogP contribution in [-0.4, -0.2) is 42.5 Å². The summed E-state index contributed by atoms with van der Waals surface area (Å²) in [6.07, 6.45) is 0. The van der Waals surface area contributed by atoms with Gasteiger partial charge < -0.3 is 42.2 Å². The first-order valence-electron chi connectivity index (χ1n) is 6.22. The summed E-state index contributed by atoms with van der Waals surface area (Å²) in [5.74, 6) is -3.28. The molecule has 10 N–H and O–H groups in total. The smallest absolute Gasteiger partial charge is 0.252 e. The molecule has 0 heterocycles. The van der Waals surface area contributed by atoms with Crippen LogP contribution in [0.3, 0.4) is 0 Å². The zero-order valence-corrected chi connectivity index (χ0v) is 12.1. The van der Waals surface area contributed by atoms with Crippen molar-refractivity contribution in [2.45, 2.75) is 0 Å². The lowest BCUT2D eigenvalue weighted by molar-refractivity contribution is 0.0997. The quantitative estimate of drug-likeness (QED) is 0.0939. The molecule has 10 nitrogen and oxygen atoms in total. The molecule has 128 valence electrons. The van der Waals surface area contributed by atoms with Crippen molar-refractivity contribution in [3.8, 4) is 28.7 Å². The van der Waals surface area contributed by atoms with Gasteiger partial charge in [0.1, 0.15) is 5.75 Å². The first-order chi connectivity index (χ1) is 11.2. The van der Waals surface area contributed by atoms with Crippen LogP contribution in [0.2, 0.25) is 0 Å². The average molecular weight is 337 g/mol. The third kappa shape index (κ3) is 4.10. The molecule has 0 radical (unpaired) electrons. The van der Waals surface area contributed by atoms with Gasteiger partial charge in [0.05, 0.1) is 11.1 Å². The molecular weight excluding hydrogens is 322 g/mol. The molecule has 0 aliphatic heterocycles. The number of nitrogens with two attached hydrogens (primary N) is 2. The molecule has 0 aliphatic rings. The number of amidine groups is 1. The van der Waals surface area contributed by atoms with E-state index in [2.05, 4.69) is 5.16 Å². The van der Waals surface area contributed by atoms with Gasteiger partial charge in [0.25, 0.3) is 5.91 Å². The summed E-state index contributed by atoms with van der Waals surface area (Å²) in [6.45, 7) is 0. The largest absolute Gasteiger partial charge is 0.507 e. The lowest BCUT2D eigenvalue weighted by Gasteiger charge is -2.02. The van der Waals surface area contributed by atoms with Gasteiger partial charge in [0.15, 0.2) is 28.8 Å². The van der Waals surface area contributed by atoms with Gasteiger partial charge in [-0.15, -0.1) is 0 Å². The van der Waals surface area contributed by atoms with Crippen molar-refractivity contribution in [1.82, 2.24) is 0 Å². The number of phenols is 5. The van der Waals surface area contributed by atoms with Gasteiger partial charge in [0.2, 0.25) is 0 Å². The Hall–Kier alpha value is -3.82. The molecule has 0 saturated carbocycles. The average Bonchev–Trinajstić information content (AvgIpc) is 2.53. The van der Waals surface area contributed by atoms with E-state index in [9.17, 15) is 9.90 Å². The Labute approximate surface area is 135 Å². The van der Waals surface area contributed by atoms with Crippen LogP contribution in [0.4, 0.5) is 0 Å². The standard InChI is InChI=1S/C7H8N2O3.C7H7NO4/c8-7(9-12)4-2-1-3-5(10)6(4)11;8-7(12)3-1-5(10)6(11)2-4(3)9/h1-3,10-12H,(H2,8,9);1-2,9-11H,(H2,8,12). The van der Waals surface area contributed by atoms with Crippen molar-refractivity contribution >= 4 is 11.7 Å². The lowest BCUT2D eigenvalue weighted by Crippen LogP contribution is -2.12. The molecule has 2 aromatic rings. The number of aromatic hydroxyl groups is 5. The van der Waals surface area contributed by atoms with Crippen molar-refractivity contribution in [1.29, 1.82) is 0 Å². The summed E-state index contributed by atoms with van der Waals surface area (Å²) in [4.78, 5) is 10.6. The number of carbonyl (C=O) groups is 1. The second-order valence-electron chi connectivity index (χ2n) is 4.38. The fraction of sp³-hybridized carbons (Fsp3) is 0. The van der Waals surface area contributed by atoms with Crippen LogP contribution in [-0.2, 0) is 0 Å². The Morgan fingerprint density at radius 2 is 1.42 bits per heavy atom. The monoisotopic (exact) mass is 337 g/mol. The zero-order valence-electron chi connectivity index (χ0n) is 12.1. The molecular formula is C14H15N3O7. The van der Waals surface area contributed by atoms with Crippen LogP contribution in [0.1, 0.15) is 15.9 Å². The second kappa shape index (κ2) is 7.45. The number of amides is 1. The van der Waals surface area contributed by atoms with Gasteiger partial charge in [0, 0.05) is 12.1 Å². The highest BCUT2D eigenvalue weighted by atomic mass is 16.4. The normalized spacial score (nSPS) is 10.6. The molecule has 0 saturated heterocycles. The first kappa shape index (κ1) is 18.2. The van der Waals surface area contributed by atoms with E-state index in [-0.39, 0.29) is 22.7 Å². The minimum absolute atomic E-state index is 0.0949. The highest BCUT2D eigenvalue weighted by Crippen LogP contribution is 2.31. The Kier molecular flexibility index (Phi) is 5.65. The minimum atomic E-state index is -0.872. The van der Waals surface area contributed by atoms with E-state index in [1.807, 2.05) is 0 Å². The molecule has 1 amide bonds. The maximum absolute atomic E-state index is 10.6. The van der Waals surface area contributed by atoms with Crippen LogP contribution in [0.5, 0.6) is 28.7 Å². The highest BCUT2D eigenvalue weighted by Gasteiger charge is 2.11. The summed E-state index contributed by atoms with van der Waals surface area (Å²) in [5.41, 5.74) is 9.90. The molecule has 0 unspecified atom stereocenters. The molecule has 2 aromatic carbocycles. The predicted octanol–water partition coefficient (Wildman–Crippen LogP) is 0.0946. The van der Waals surface area contributed by atoms with Crippen LogP contribution in [0.15, 0.2) is 35.5 Å². The number of rotatable bonds is 2. The maximum atomic E-state index is 10.6. The number of para-hydroxylation sites is 1. The van der Waals surface area contributed by atoms with Crippen LogP contribution in [0, 0.1) is 0 Å². The Morgan fingerprint density at radius 1 is 0.833 bits per heavy atom. The lowest BCUT2D eigenvalue weighted by atomic mass is 10.1. The number of benzene rings is 2. The van der Waals surface area contributed by atoms with Gasteiger partial charge in [-0.3, -0.25) is 4.79 Å². The highest BCUT2D eigenvalue weighted by molar-refractivity contribution is 6.00. The fourth-order valence-corrected chi connectivity index (χ4v) is 1.56. The van der Waals surface area contributed by atoms with Gasteiger partial charge in [-0.2, -0.15) is 0 Å². The minimum Gasteiger partial charge on any atom is -0.507 e. The fourth-order valence-electron chi connectivity index (χ4n) is 1.56. The Morgan fingerprint density at radius 3 is 1.96 bits per heavy atom. The summed E-state index contributed by atoms with van der Waals surface area (Å²) in [6, 6.07) is 5.93. The van der Waals surface area contributed by atoms with E-state index in [0.29, 0.717) is 0 Å². The van der Waals surface area contributed by atoms with Crippen LogP contribution in [0.25, 0.3) is 0 Å². The van der Waals surface area contributed by atoms with E-state index >= 15 is 0 Å². The summed E-state index contributed by atoms with van der Waals surface area (Å²) >= 11 is 0. The van der Waals surface area contributed by atoms with Crippen molar-refractivity contribution in [2.75, 3.05) is 0 Å². The van der Waals surface area contributed by atoms with Gasteiger partial charge in [-0.05, 0) is 12.1 Å². The molecule has 0 fully saturated rings. The van der Waals surface area contributed by atoms with E-state index < -0.39 is 28.9 Å². The third-order valence-corrected chi connectivity index (χ3v) is 2.76. The van der Waals surface area contributed by atoms with Gasteiger partial charge in [-0.25, -0.2) is 0 Å². The number of primary amides is 1. The topological polar surface area (TPSA) is 203 Å². The second-order valence-corrected chi connectivity index (χ2v) is 4.38. The molecule has 0 aliphatic carbocycles. The molecule has 0 atom stereocenters. The van der Waals surface area contributed by atoms with E-state index in [1.54, 1.807) is 0 Å². The summed E-state index contributed by atoms with van der Waals surface area (Å²) < 4.78 is 0. The number of hydrogen-bond acceptors (Lipinski definition) is 8. The SMILES string of the molecule is NC(=NO)c1cccc(O)c1O.NC(=O)c1cc(O)c(O)cc1O. The first-order valence-corrected chi connectivity index (χ1v) is 6.22. The number of nitrogens with zero attached hydrogens (tertiary/aromatic N) is 1. The summed E-state index contributed by atoms with van der Waals surface area (Å²) in [7, 11) is 0. The number of hydrogen-bond donors (Lipinski definition) is 8. The number of carbonyl (C=O) groups excluding carboxylic acids is 1. The molecule has 24 heavy (non-hydrogen) atoms. The van der Waals surface area contributed by atoms with Crippen molar-refractivity contribution < 1.29 is 35.5 Å². The van der Waals surface area contributed by atoms with E-state index in [4.69, 9.17) is 37.1 Å².